The molecule has 114 valence electrons. The van der Waals surface area contributed by atoms with Crippen LogP contribution in [0.1, 0.15) is 0 Å². The first kappa shape index (κ1) is 13.0. The van der Waals surface area contributed by atoms with Gasteiger partial charge in [0.2, 0.25) is 17.8 Å². The number of aromatic nitrogens is 3. The number of hydrogen-bond acceptors (Lipinski definition) is 9. The van der Waals surface area contributed by atoms with Gasteiger partial charge in [-0.2, -0.15) is 15.0 Å². The highest BCUT2D eigenvalue weighted by molar-refractivity contribution is 5.42. The van der Waals surface area contributed by atoms with Crippen molar-refractivity contribution in [1.82, 2.24) is 15.0 Å². The second kappa shape index (κ2) is 5.58. The molecule has 0 amide bonds. The van der Waals surface area contributed by atoms with Crippen LogP contribution in [0.15, 0.2) is 0 Å². The van der Waals surface area contributed by atoms with Crippen LogP contribution in [0.3, 0.4) is 0 Å². The summed E-state index contributed by atoms with van der Waals surface area (Å²) in [6, 6.07) is 0. The van der Waals surface area contributed by atoms with Crippen LogP contribution in [0, 0.1) is 0 Å². The highest BCUT2D eigenvalue weighted by atomic mass is 16.6. The molecule has 4 rings (SSSR count). The molecule has 0 aliphatic carbocycles. The maximum Gasteiger partial charge on any atom is 0.229 e. The number of nitrogens with zero attached hydrogens (tertiary/aromatic N) is 3. The summed E-state index contributed by atoms with van der Waals surface area (Å²) in [5, 5.41) is 9.49. The third-order valence-electron chi connectivity index (χ3n) is 3.31. The smallest absolute Gasteiger partial charge is 0.229 e. The number of anilines is 3. The molecule has 1 aromatic rings. The van der Waals surface area contributed by atoms with Crippen molar-refractivity contribution in [1.29, 1.82) is 0 Å². The van der Waals surface area contributed by atoms with Crippen LogP contribution >= 0.6 is 0 Å². The van der Waals surface area contributed by atoms with Gasteiger partial charge in [0.05, 0.1) is 38.1 Å². The molecule has 0 saturated carbocycles. The Hall–Kier alpha value is -1.71. The molecule has 21 heavy (non-hydrogen) atoms. The molecule has 1 aromatic heterocycles. The Morgan fingerprint density at radius 3 is 1.19 bits per heavy atom. The molecule has 0 spiro atoms. The van der Waals surface area contributed by atoms with E-state index >= 15 is 0 Å². The average Bonchev–Trinajstić information content (AvgIpc) is 3.38. The Morgan fingerprint density at radius 2 is 0.952 bits per heavy atom. The summed E-state index contributed by atoms with van der Waals surface area (Å²) in [4.78, 5) is 13.0. The quantitative estimate of drug-likeness (QED) is 0.509. The average molecular weight is 294 g/mol. The van der Waals surface area contributed by atoms with E-state index in [1.165, 1.54) is 0 Å². The van der Waals surface area contributed by atoms with Gasteiger partial charge in [-0.05, 0) is 0 Å². The maximum absolute atomic E-state index is 5.17. The van der Waals surface area contributed by atoms with Gasteiger partial charge in [-0.1, -0.05) is 0 Å². The Morgan fingerprint density at radius 1 is 0.667 bits per heavy atom. The predicted octanol–water partition coefficient (Wildman–Crippen LogP) is -0.696. The second-order valence-electron chi connectivity index (χ2n) is 5.31. The van der Waals surface area contributed by atoms with E-state index in [2.05, 4.69) is 30.9 Å². The molecule has 3 aliphatic heterocycles. The van der Waals surface area contributed by atoms with E-state index in [1.54, 1.807) is 0 Å². The van der Waals surface area contributed by atoms with Crippen LogP contribution in [0.5, 0.6) is 0 Å². The normalized spacial score (nSPS) is 28.9. The van der Waals surface area contributed by atoms with E-state index < -0.39 is 0 Å². The molecule has 3 atom stereocenters. The number of epoxide rings is 3. The van der Waals surface area contributed by atoms with Gasteiger partial charge in [0.1, 0.15) is 0 Å². The van der Waals surface area contributed by atoms with Crippen LogP contribution in [-0.2, 0) is 14.2 Å². The fourth-order valence-corrected chi connectivity index (χ4v) is 1.79. The molecule has 0 bridgehead atoms. The first-order chi connectivity index (χ1) is 10.3. The Balaban J connectivity index is 1.40. The Bertz CT molecular complexity index is 420. The summed E-state index contributed by atoms with van der Waals surface area (Å²) in [7, 11) is 0. The molecule has 0 radical (unpaired) electrons. The summed E-state index contributed by atoms with van der Waals surface area (Å²) >= 11 is 0. The fourth-order valence-electron chi connectivity index (χ4n) is 1.79. The summed E-state index contributed by atoms with van der Waals surface area (Å²) < 4.78 is 15.5. The summed E-state index contributed by atoms with van der Waals surface area (Å²) in [5.41, 5.74) is 0. The zero-order chi connectivity index (χ0) is 14.1. The minimum atomic E-state index is 0.273. The van der Waals surface area contributed by atoms with Gasteiger partial charge in [0, 0.05) is 19.6 Å². The second-order valence-corrected chi connectivity index (χ2v) is 5.31. The van der Waals surface area contributed by atoms with Crippen LogP contribution < -0.4 is 16.0 Å². The van der Waals surface area contributed by atoms with Crippen LogP contribution in [-0.4, -0.2) is 72.7 Å². The zero-order valence-electron chi connectivity index (χ0n) is 11.5. The summed E-state index contributed by atoms with van der Waals surface area (Å²) in [6.07, 6.45) is 0.818. The molecule has 3 saturated heterocycles. The van der Waals surface area contributed by atoms with Gasteiger partial charge in [-0.25, -0.2) is 0 Å². The van der Waals surface area contributed by atoms with Crippen molar-refractivity contribution in [2.45, 2.75) is 18.3 Å². The van der Waals surface area contributed by atoms with Crippen molar-refractivity contribution in [2.24, 2.45) is 0 Å². The molecule has 3 N–H and O–H groups in total. The van der Waals surface area contributed by atoms with Gasteiger partial charge in [-0.15, -0.1) is 0 Å². The van der Waals surface area contributed by atoms with Crippen molar-refractivity contribution in [2.75, 3.05) is 55.4 Å². The number of hydrogen-bond donors (Lipinski definition) is 3. The topological polar surface area (TPSA) is 112 Å². The van der Waals surface area contributed by atoms with Gasteiger partial charge in [0.15, 0.2) is 0 Å². The van der Waals surface area contributed by atoms with E-state index in [1.807, 2.05) is 0 Å². The maximum atomic E-state index is 5.17. The molecule has 3 aliphatic rings. The molecule has 3 fully saturated rings. The highest BCUT2D eigenvalue weighted by Crippen LogP contribution is 2.15. The minimum Gasteiger partial charge on any atom is -0.371 e. The fraction of sp³-hybridized carbons (Fsp3) is 0.750. The molecule has 9 nitrogen and oxygen atoms in total. The third-order valence-corrected chi connectivity index (χ3v) is 3.31. The lowest BCUT2D eigenvalue weighted by atomic mass is 10.5. The summed E-state index contributed by atoms with van der Waals surface area (Å²) in [5.74, 6) is 1.62. The molecule has 4 heterocycles. The number of nitrogens with one attached hydrogen (secondary N) is 3. The van der Waals surface area contributed by atoms with E-state index in [-0.39, 0.29) is 18.3 Å². The molecular formula is C12H18N6O3. The molecule has 9 heteroatoms. The molecule has 3 unspecified atom stereocenters. The third kappa shape index (κ3) is 4.13. The molecular weight excluding hydrogens is 276 g/mol. The van der Waals surface area contributed by atoms with Crippen LogP contribution in [0.25, 0.3) is 0 Å². The van der Waals surface area contributed by atoms with Crippen molar-refractivity contribution in [3.05, 3.63) is 0 Å². The van der Waals surface area contributed by atoms with E-state index in [0.29, 0.717) is 37.5 Å². The van der Waals surface area contributed by atoms with Crippen molar-refractivity contribution >= 4 is 17.8 Å². The Kier molecular flexibility index (Phi) is 3.45. The Labute approximate surface area is 121 Å². The van der Waals surface area contributed by atoms with Gasteiger partial charge in [0.25, 0.3) is 0 Å². The van der Waals surface area contributed by atoms with Gasteiger partial charge < -0.3 is 30.2 Å². The van der Waals surface area contributed by atoms with Crippen LogP contribution in [0.2, 0.25) is 0 Å². The van der Waals surface area contributed by atoms with E-state index in [0.717, 1.165) is 19.8 Å². The monoisotopic (exact) mass is 294 g/mol. The standard InChI is InChI=1S/C12H18N6O3/c1(7-4-19-7)13-10-16-11(14-2-8-5-20-8)18-12(17-10)15-3-9-6-21-9/h7-9H,1-6H2,(H3,13,14,15,16,17,18). The SMILES string of the molecule is C(Nc1nc(NCC2CO2)nc(NCC2CO2)n1)C1CO1. The predicted molar refractivity (Wildman–Crippen MR) is 74.5 cm³/mol. The van der Waals surface area contributed by atoms with Gasteiger partial charge in [-0.3, -0.25) is 0 Å². The van der Waals surface area contributed by atoms with Gasteiger partial charge >= 0.3 is 0 Å². The van der Waals surface area contributed by atoms with Crippen molar-refractivity contribution in [3.8, 4) is 0 Å². The number of rotatable bonds is 9. The first-order valence-electron chi connectivity index (χ1n) is 7.17. The lowest BCUT2D eigenvalue weighted by Crippen LogP contribution is -2.18. The summed E-state index contributed by atoms with van der Waals surface area (Å²) in [6.45, 7) is 4.52. The first-order valence-corrected chi connectivity index (χ1v) is 7.17. The lowest BCUT2D eigenvalue weighted by Gasteiger charge is -2.10. The van der Waals surface area contributed by atoms with Crippen LogP contribution in [0.4, 0.5) is 17.8 Å². The highest BCUT2D eigenvalue weighted by Gasteiger charge is 2.25. The van der Waals surface area contributed by atoms with Crippen molar-refractivity contribution < 1.29 is 14.2 Å². The van der Waals surface area contributed by atoms with E-state index in [9.17, 15) is 0 Å². The number of ether oxygens (including phenoxy) is 3. The lowest BCUT2D eigenvalue weighted by molar-refractivity contribution is 0.416. The largest absolute Gasteiger partial charge is 0.371 e. The molecule has 0 aromatic carbocycles. The minimum absolute atomic E-state index is 0.273. The van der Waals surface area contributed by atoms with E-state index in [4.69, 9.17) is 14.2 Å². The van der Waals surface area contributed by atoms with Crippen molar-refractivity contribution in [3.63, 3.8) is 0 Å². The zero-order valence-corrected chi connectivity index (χ0v) is 11.5.